The number of likely N-dealkylation sites (N-methyl/N-ethyl adjacent to an activating group) is 1. The zero-order valence-corrected chi connectivity index (χ0v) is 11.7. The van der Waals surface area contributed by atoms with E-state index in [2.05, 4.69) is 10.6 Å². The van der Waals surface area contributed by atoms with E-state index < -0.39 is 29.6 Å². The first kappa shape index (κ1) is 17.0. The fraction of sp³-hybridized carbons (Fsp3) is 0.429. The molecular formula is C14H18F2N2O3. The number of aryl methyl sites for hydroxylation is 1. The third kappa shape index (κ3) is 5.86. The van der Waals surface area contributed by atoms with Crippen molar-refractivity contribution in [1.82, 2.24) is 10.6 Å². The molecule has 0 fully saturated rings. The lowest BCUT2D eigenvalue weighted by atomic mass is 10.0. The lowest BCUT2D eigenvalue weighted by Crippen LogP contribution is -2.44. The van der Waals surface area contributed by atoms with Crippen LogP contribution in [-0.4, -0.2) is 36.6 Å². The van der Waals surface area contributed by atoms with E-state index in [1.165, 1.54) is 6.07 Å². The number of aliphatic carboxylic acids is 1. The smallest absolute Gasteiger partial charge is 0.326 e. The van der Waals surface area contributed by atoms with Crippen molar-refractivity contribution >= 4 is 11.9 Å². The fourth-order valence-corrected chi connectivity index (χ4v) is 1.87. The van der Waals surface area contributed by atoms with E-state index in [4.69, 9.17) is 5.11 Å². The second-order valence-corrected chi connectivity index (χ2v) is 4.63. The number of halogens is 2. The van der Waals surface area contributed by atoms with Gasteiger partial charge in [-0.2, -0.15) is 0 Å². The zero-order valence-electron chi connectivity index (χ0n) is 11.7. The van der Waals surface area contributed by atoms with Crippen LogP contribution >= 0.6 is 0 Å². The molecule has 1 unspecified atom stereocenters. The van der Waals surface area contributed by atoms with Crippen molar-refractivity contribution in [1.29, 1.82) is 0 Å². The maximum atomic E-state index is 13.0. The maximum absolute atomic E-state index is 13.0. The zero-order chi connectivity index (χ0) is 15.8. The quantitative estimate of drug-likeness (QED) is 0.671. The van der Waals surface area contributed by atoms with E-state index in [1.807, 2.05) is 0 Å². The second-order valence-electron chi connectivity index (χ2n) is 4.63. The SMILES string of the molecule is CNCC(=O)NC(CCCc1ccc(F)c(F)c1)C(=O)O. The van der Waals surface area contributed by atoms with E-state index in [0.29, 0.717) is 18.4 Å². The molecule has 1 aromatic carbocycles. The Hall–Kier alpha value is -2.02. The molecule has 1 atom stereocenters. The first-order valence-corrected chi connectivity index (χ1v) is 6.54. The summed E-state index contributed by atoms with van der Waals surface area (Å²) >= 11 is 0. The van der Waals surface area contributed by atoms with Gasteiger partial charge in [0, 0.05) is 0 Å². The van der Waals surface area contributed by atoms with Crippen LogP contribution in [0.25, 0.3) is 0 Å². The van der Waals surface area contributed by atoms with E-state index in [1.54, 1.807) is 7.05 Å². The Labute approximate surface area is 121 Å². The van der Waals surface area contributed by atoms with Gasteiger partial charge in [-0.15, -0.1) is 0 Å². The van der Waals surface area contributed by atoms with Gasteiger partial charge in [0.2, 0.25) is 5.91 Å². The molecule has 21 heavy (non-hydrogen) atoms. The highest BCUT2D eigenvalue weighted by Gasteiger charge is 2.19. The van der Waals surface area contributed by atoms with Gasteiger partial charge in [-0.3, -0.25) is 4.79 Å². The highest BCUT2D eigenvalue weighted by atomic mass is 19.2. The molecule has 0 radical (unpaired) electrons. The van der Waals surface area contributed by atoms with Crippen molar-refractivity contribution in [2.75, 3.05) is 13.6 Å². The number of benzene rings is 1. The number of carboxylic acids is 1. The largest absolute Gasteiger partial charge is 0.480 e. The van der Waals surface area contributed by atoms with Crippen molar-refractivity contribution in [3.8, 4) is 0 Å². The first-order chi connectivity index (χ1) is 9.93. The molecule has 0 bridgehead atoms. The molecular weight excluding hydrogens is 282 g/mol. The molecule has 116 valence electrons. The molecule has 0 saturated heterocycles. The van der Waals surface area contributed by atoms with Gasteiger partial charge in [0.1, 0.15) is 6.04 Å². The molecule has 5 nitrogen and oxygen atoms in total. The second kappa shape index (κ2) is 8.31. The van der Waals surface area contributed by atoms with E-state index in [-0.39, 0.29) is 13.0 Å². The maximum Gasteiger partial charge on any atom is 0.326 e. The summed E-state index contributed by atoms with van der Waals surface area (Å²) in [6, 6.07) is 2.59. The predicted octanol–water partition coefficient (Wildman–Crippen LogP) is 1.08. The number of amides is 1. The number of hydrogen-bond acceptors (Lipinski definition) is 3. The predicted molar refractivity (Wildman–Crippen MR) is 72.8 cm³/mol. The van der Waals surface area contributed by atoms with Crippen molar-refractivity contribution in [2.45, 2.75) is 25.3 Å². The Bertz CT molecular complexity index is 509. The molecule has 0 aliphatic carbocycles. The van der Waals surface area contributed by atoms with E-state index in [9.17, 15) is 18.4 Å². The van der Waals surface area contributed by atoms with Crippen molar-refractivity contribution in [2.24, 2.45) is 0 Å². The molecule has 0 aliphatic rings. The van der Waals surface area contributed by atoms with Crippen LogP contribution in [0.2, 0.25) is 0 Å². The Kier molecular flexibility index (Phi) is 6.74. The minimum absolute atomic E-state index is 0.0347. The molecule has 0 aliphatic heterocycles. The molecule has 0 heterocycles. The third-order valence-corrected chi connectivity index (χ3v) is 2.91. The van der Waals surface area contributed by atoms with Gasteiger partial charge < -0.3 is 15.7 Å². The highest BCUT2D eigenvalue weighted by molar-refractivity contribution is 5.84. The number of carbonyl (C=O) groups excluding carboxylic acids is 1. The van der Waals surface area contributed by atoms with Crippen LogP contribution < -0.4 is 10.6 Å². The average Bonchev–Trinajstić information content (AvgIpc) is 2.41. The summed E-state index contributed by atoms with van der Waals surface area (Å²) in [5.41, 5.74) is 0.583. The van der Waals surface area contributed by atoms with Gasteiger partial charge in [-0.1, -0.05) is 6.07 Å². The van der Waals surface area contributed by atoms with Crippen LogP contribution in [0.5, 0.6) is 0 Å². The molecule has 7 heteroatoms. The molecule has 1 rings (SSSR count). The Morgan fingerprint density at radius 2 is 2.00 bits per heavy atom. The minimum atomic E-state index is -1.12. The fourth-order valence-electron chi connectivity index (χ4n) is 1.87. The van der Waals surface area contributed by atoms with Gasteiger partial charge in [0.05, 0.1) is 6.54 Å². The lowest BCUT2D eigenvalue weighted by Gasteiger charge is -2.14. The number of carboxylic acid groups (broad SMARTS) is 1. The molecule has 0 aromatic heterocycles. The summed E-state index contributed by atoms with van der Waals surface area (Å²) in [5, 5.41) is 14.0. The van der Waals surface area contributed by atoms with Crippen LogP contribution in [0.1, 0.15) is 18.4 Å². The van der Waals surface area contributed by atoms with Crippen LogP contribution in [0.15, 0.2) is 18.2 Å². The highest BCUT2D eigenvalue weighted by Crippen LogP contribution is 2.12. The molecule has 1 aromatic rings. The van der Waals surface area contributed by atoms with Crippen LogP contribution in [0.3, 0.4) is 0 Å². The summed E-state index contributed by atoms with van der Waals surface area (Å²) in [4.78, 5) is 22.4. The Morgan fingerprint density at radius 3 is 2.57 bits per heavy atom. The molecule has 0 spiro atoms. The van der Waals surface area contributed by atoms with Crippen LogP contribution in [-0.2, 0) is 16.0 Å². The van der Waals surface area contributed by atoms with Gasteiger partial charge in [0.15, 0.2) is 11.6 Å². The summed E-state index contributed by atoms with van der Waals surface area (Å²) < 4.78 is 25.8. The van der Waals surface area contributed by atoms with Gasteiger partial charge in [-0.25, -0.2) is 13.6 Å². The summed E-state index contributed by atoms with van der Waals surface area (Å²) in [6.45, 7) is 0.0347. The number of rotatable bonds is 8. The number of hydrogen-bond donors (Lipinski definition) is 3. The van der Waals surface area contributed by atoms with Crippen molar-refractivity contribution < 1.29 is 23.5 Å². The van der Waals surface area contributed by atoms with Gasteiger partial charge in [-0.05, 0) is 44.0 Å². The monoisotopic (exact) mass is 300 g/mol. The van der Waals surface area contributed by atoms with Crippen LogP contribution in [0.4, 0.5) is 8.78 Å². The normalized spacial score (nSPS) is 12.0. The molecule has 1 amide bonds. The van der Waals surface area contributed by atoms with Crippen molar-refractivity contribution in [3.63, 3.8) is 0 Å². The topological polar surface area (TPSA) is 78.4 Å². The van der Waals surface area contributed by atoms with Gasteiger partial charge >= 0.3 is 5.97 Å². The number of carbonyl (C=O) groups is 2. The third-order valence-electron chi connectivity index (χ3n) is 2.91. The first-order valence-electron chi connectivity index (χ1n) is 6.54. The molecule has 3 N–H and O–H groups in total. The van der Waals surface area contributed by atoms with E-state index >= 15 is 0 Å². The van der Waals surface area contributed by atoms with Crippen LogP contribution in [0, 0.1) is 11.6 Å². The summed E-state index contributed by atoms with van der Waals surface area (Å²) in [5.74, 6) is -3.37. The molecule has 0 saturated carbocycles. The standard InChI is InChI=1S/C14H18F2N2O3/c1-17-8-13(19)18-12(14(20)21)4-2-3-9-5-6-10(15)11(16)7-9/h5-7,12,17H,2-4,8H2,1H3,(H,18,19)(H,20,21). The number of nitrogens with one attached hydrogen (secondary N) is 2. The Balaban J connectivity index is 2.48. The summed E-state index contributed by atoms with van der Waals surface area (Å²) in [6.07, 6.45) is 1.05. The average molecular weight is 300 g/mol. The Morgan fingerprint density at radius 1 is 1.29 bits per heavy atom. The van der Waals surface area contributed by atoms with Crippen molar-refractivity contribution in [3.05, 3.63) is 35.4 Å². The van der Waals surface area contributed by atoms with Gasteiger partial charge in [0.25, 0.3) is 0 Å². The lowest BCUT2D eigenvalue weighted by molar-refractivity contribution is -0.141. The minimum Gasteiger partial charge on any atom is -0.480 e. The summed E-state index contributed by atoms with van der Waals surface area (Å²) in [7, 11) is 1.58. The van der Waals surface area contributed by atoms with E-state index in [0.717, 1.165) is 12.1 Å².